The van der Waals surface area contributed by atoms with E-state index in [0.29, 0.717) is 0 Å². The molecule has 1 aromatic carbocycles. The molecule has 0 bridgehead atoms. The molecule has 0 heterocycles. The van der Waals surface area contributed by atoms with E-state index in [1.165, 1.54) is 12.1 Å². The molecule has 2 atom stereocenters. The Balaban J connectivity index is 3.71. The van der Waals surface area contributed by atoms with Crippen LogP contribution in [0, 0.1) is 0 Å². The van der Waals surface area contributed by atoms with Crippen LogP contribution in [-0.2, 0) is 18.7 Å². The highest BCUT2D eigenvalue weighted by Crippen LogP contribution is 2.56. The van der Waals surface area contributed by atoms with Crippen molar-refractivity contribution in [2.24, 2.45) is 0 Å². The van der Waals surface area contributed by atoms with Gasteiger partial charge in [0.1, 0.15) is 0 Å². The summed E-state index contributed by atoms with van der Waals surface area (Å²) in [5.74, 6) is -6.38. The summed E-state index contributed by atoms with van der Waals surface area (Å²) in [5, 5.41) is 18.3. The Kier molecular flexibility index (Phi) is 5.94. The third-order valence-corrected chi connectivity index (χ3v) is 5.77. The predicted molar refractivity (Wildman–Crippen MR) is 80.5 cm³/mol. The SMILES string of the molecule is Nc1ccc(C(C(C(=O)O)P(=O)(O)O)C(C(=O)O)P(=O)(O)O)cc1. The fourth-order valence-electron chi connectivity index (χ4n) is 2.27. The van der Waals surface area contributed by atoms with Crippen LogP contribution in [0.1, 0.15) is 11.5 Å². The maximum absolute atomic E-state index is 11.6. The topological polar surface area (TPSA) is 216 Å². The van der Waals surface area contributed by atoms with Crippen molar-refractivity contribution in [2.45, 2.75) is 17.2 Å². The Morgan fingerprint density at radius 1 is 0.833 bits per heavy atom. The third-order valence-electron chi connectivity index (χ3n) is 3.23. The van der Waals surface area contributed by atoms with Crippen LogP contribution < -0.4 is 5.73 Å². The summed E-state index contributed by atoms with van der Waals surface area (Å²) in [6.45, 7) is 0. The van der Waals surface area contributed by atoms with Crippen LogP contribution in [0.2, 0.25) is 0 Å². The molecule has 0 fully saturated rings. The van der Waals surface area contributed by atoms with Crippen molar-refractivity contribution in [1.82, 2.24) is 0 Å². The first-order valence-corrected chi connectivity index (χ1v) is 9.54. The molecule has 1 rings (SSSR count). The molecule has 1 aromatic rings. The lowest BCUT2D eigenvalue weighted by Crippen LogP contribution is -2.39. The number of rotatable bonds is 7. The highest BCUT2D eigenvalue weighted by molar-refractivity contribution is 7.55. The molecule has 0 aliphatic carbocycles. The quantitative estimate of drug-likeness (QED) is 0.238. The molecule has 24 heavy (non-hydrogen) atoms. The van der Waals surface area contributed by atoms with E-state index in [4.69, 9.17) is 15.9 Å². The first-order valence-electron chi connectivity index (χ1n) is 6.18. The molecule has 134 valence electrons. The highest BCUT2D eigenvalue weighted by atomic mass is 31.2. The second-order valence-corrected chi connectivity index (χ2v) is 8.41. The molecule has 8 N–H and O–H groups in total. The van der Waals surface area contributed by atoms with Crippen LogP contribution in [0.25, 0.3) is 0 Å². The van der Waals surface area contributed by atoms with Gasteiger partial charge in [-0.2, -0.15) is 0 Å². The number of carboxylic acids is 2. The van der Waals surface area contributed by atoms with Crippen LogP contribution in [0.4, 0.5) is 5.69 Å². The molecule has 13 heteroatoms. The van der Waals surface area contributed by atoms with E-state index in [0.717, 1.165) is 12.1 Å². The Morgan fingerprint density at radius 3 is 1.42 bits per heavy atom. The third kappa shape index (κ3) is 4.64. The molecule has 0 aliphatic heterocycles. The van der Waals surface area contributed by atoms with Crippen LogP contribution >= 0.6 is 15.2 Å². The number of hydrogen-bond acceptors (Lipinski definition) is 5. The first-order chi connectivity index (χ1) is 10.8. The lowest BCUT2D eigenvalue weighted by Gasteiger charge is -2.30. The molecule has 0 spiro atoms. The van der Waals surface area contributed by atoms with Gasteiger partial charge >= 0.3 is 27.1 Å². The van der Waals surface area contributed by atoms with E-state index in [1.807, 2.05) is 0 Å². The van der Waals surface area contributed by atoms with E-state index >= 15 is 0 Å². The maximum Gasteiger partial charge on any atom is 0.340 e. The van der Waals surface area contributed by atoms with Gasteiger partial charge in [-0.1, -0.05) is 12.1 Å². The van der Waals surface area contributed by atoms with Crippen molar-refractivity contribution >= 4 is 32.8 Å². The van der Waals surface area contributed by atoms with Crippen molar-refractivity contribution in [1.29, 1.82) is 0 Å². The summed E-state index contributed by atoms with van der Waals surface area (Å²) >= 11 is 0. The first kappa shape index (κ1) is 20.3. The van der Waals surface area contributed by atoms with Crippen molar-refractivity contribution in [2.75, 3.05) is 5.73 Å². The van der Waals surface area contributed by atoms with Crippen molar-refractivity contribution < 1.29 is 48.5 Å². The molecule has 0 radical (unpaired) electrons. The van der Waals surface area contributed by atoms with E-state index in [-0.39, 0.29) is 11.3 Å². The molecule has 0 saturated heterocycles. The van der Waals surface area contributed by atoms with Crippen LogP contribution in [-0.4, -0.2) is 53.0 Å². The lowest BCUT2D eigenvalue weighted by molar-refractivity contribution is -0.139. The zero-order chi connectivity index (χ0) is 18.9. The number of anilines is 1. The van der Waals surface area contributed by atoms with Gasteiger partial charge in [-0.05, 0) is 17.7 Å². The van der Waals surface area contributed by atoms with E-state index in [2.05, 4.69) is 0 Å². The molecule has 2 unspecified atom stereocenters. The van der Waals surface area contributed by atoms with Gasteiger partial charge < -0.3 is 35.5 Å². The summed E-state index contributed by atoms with van der Waals surface area (Å²) in [5.41, 5.74) is -0.0381. The fraction of sp³-hybridized carbons (Fsp3) is 0.273. The zero-order valence-electron chi connectivity index (χ0n) is 11.8. The average molecular weight is 383 g/mol. The minimum Gasteiger partial charge on any atom is -0.481 e. The van der Waals surface area contributed by atoms with Crippen molar-refractivity contribution in [3.63, 3.8) is 0 Å². The number of nitrogens with two attached hydrogens (primary N) is 1. The molecule has 11 nitrogen and oxygen atoms in total. The highest BCUT2D eigenvalue weighted by Gasteiger charge is 2.54. The van der Waals surface area contributed by atoms with Gasteiger partial charge in [-0.3, -0.25) is 18.7 Å². The lowest BCUT2D eigenvalue weighted by atomic mass is 9.91. The largest absolute Gasteiger partial charge is 0.481 e. The summed E-state index contributed by atoms with van der Waals surface area (Å²) in [4.78, 5) is 59.8. The Morgan fingerprint density at radius 2 is 1.17 bits per heavy atom. The van der Waals surface area contributed by atoms with E-state index in [1.54, 1.807) is 0 Å². The van der Waals surface area contributed by atoms with Gasteiger partial charge in [0.15, 0.2) is 11.3 Å². The van der Waals surface area contributed by atoms with Crippen molar-refractivity contribution in [3.8, 4) is 0 Å². The Bertz CT molecular complexity index is 681. The average Bonchev–Trinajstić information content (AvgIpc) is 2.34. The molecular weight excluding hydrogens is 368 g/mol. The van der Waals surface area contributed by atoms with Gasteiger partial charge in [0, 0.05) is 11.6 Å². The smallest absolute Gasteiger partial charge is 0.340 e. The van der Waals surface area contributed by atoms with Gasteiger partial charge in [0.2, 0.25) is 0 Å². The summed E-state index contributed by atoms with van der Waals surface area (Å²) in [6.07, 6.45) is 0. The van der Waals surface area contributed by atoms with Crippen LogP contribution in [0.15, 0.2) is 24.3 Å². The minimum atomic E-state index is -5.47. The number of aliphatic carboxylic acids is 2. The number of hydrogen-bond donors (Lipinski definition) is 7. The second-order valence-electron chi connectivity index (χ2n) is 4.94. The fourth-order valence-corrected chi connectivity index (χ4v) is 4.51. The Labute approximate surface area is 135 Å². The van der Waals surface area contributed by atoms with Crippen LogP contribution in [0.3, 0.4) is 0 Å². The summed E-state index contributed by atoms with van der Waals surface area (Å²) in [7, 11) is -10.9. The zero-order valence-corrected chi connectivity index (χ0v) is 13.6. The van der Waals surface area contributed by atoms with E-state index < -0.39 is 44.4 Å². The molecular formula is C11H15NO10P2. The number of nitrogen functional groups attached to an aromatic ring is 1. The van der Waals surface area contributed by atoms with E-state index in [9.17, 15) is 38.3 Å². The second kappa shape index (κ2) is 7.02. The minimum absolute atomic E-state index is 0.170. The monoisotopic (exact) mass is 383 g/mol. The Hall–Kier alpha value is -1.74. The number of benzene rings is 1. The van der Waals surface area contributed by atoms with Gasteiger partial charge in [-0.25, -0.2) is 0 Å². The standard InChI is InChI=1S/C11H15NO10P2/c12-6-3-1-5(2-4-6)7(8(10(13)14)23(17,18)19)9(11(15)16)24(20,21)22/h1-4,7-9H,12H2,(H,13,14)(H,15,16)(H2,17,18,19)(H2,20,21,22). The van der Waals surface area contributed by atoms with Crippen molar-refractivity contribution in [3.05, 3.63) is 29.8 Å². The normalized spacial score (nSPS) is 16.2. The molecule has 0 aromatic heterocycles. The molecule has 0 aliphatic rings. The molecule has 0 saturated carbocycles. The molecule has 0 amide bonds. The van der Waals surface area contributed by atoms with Gasteiger partial charge in [0.05, 0.1) is 0 Å². The number of carbonyl (C=O) groups is 2. The predicted octanol–water partition coefficient (Wildman–Crippen LogP) is -0.386. The number of carboxylic acid groups (broad SMARTS) is 2. The van der Waals surface area contributed by atoms with Gasteiger partial charge in [0.25, 0.3) is 0 Å². The van der Waals surface area contributed by atoms with Crippen LogP contribution in [0.5, 0.6) is 0 Å². The summed E-state index contributed by atoms with van der Waals surface area (Å²) < 4.78 is 23.1. The maximum atomic E-state index is 11.6. The summed E-state index contributed by atoms with van der Waals surface area (Å²) in [6, 6.07) is 4.47. The van der Waals surface area contributed by atoms with Gasteiger partial charge in [-0.15, -0.1) is 0 Å².